The zero-order chi connectivity index (χ0) is 14.9. The lowest BCUT2D eigenvalue weighted by Crippen LogP contribution is -2.38. The molecule has 0 atom stereocenters. The normalized spacial score (nSPS) is 16.4. The molecule has 110 valence electrons. The third kappa shape index (κ3) is 2.57. The molecule has 2 N–H and O–H groups in total. The van der Waals surface area contributed by atoms with Crippen LogP contribution in [-0.2, 0) is 0 Å². The van der Waals surface area contributed by atoms with Crippen molar-refractivity contribution in [3.05, 3.63) is 22.5 Å². The molecular weight excluding hydrogens is 256 g/mol. The molecule has 0 aliphatic carbocycles. The number of nitrogens with zero attached hydrogens (tertiary/aromatic N) is 1. The van der Waals surface area contributed by atoms with Crippen molar-refractivity contribution in [2.24, 2.45) is 5.92 Å². The molecule has 5 heteroatoms. The van der Waals surface area contributed by atoms with Gasteiger partial charge in [-0.3, -0.25) is 4.79 Å². The number of aryl methyl sites for hydroxylation is 1. The molecule has 1 aliphatic rings. The Balaban J connectivity index is 2.20. The minimum Gasteiger partial charge on any atom is -0.477 e. The Morgan fingerprint density at radius 3 is 2.35 bits per heavy atom. The van der Waals surface area contributed by atoms with Gasteiger partial charge in [0.2, 0.25) is 0 Å². The quantitative estimate of drug-likeness (QED) is 0.892. The molecule has 0 saturated carbocycles. The average molecular weight is 278 g/mol. The first-order valence-corrected chi connectivity index (χ1v) is 7.17. The van der Waals surface area contributed by atoms with Crippen LogP contribution in [0.5, 0.6) is 0 Å². The molecule has 1 fully saturated rings. The molecule has 2 heterocycles. The van der Waals surface area contributed by atoms with Gasteiger partial charge in [-0.2, -0.15) is 0 Å². The number of carboxylic acid groups (broad SMARTS) is 1. The van der Waals surface area contributed by atoms with Gasteiger partial charge >= 0.3 is 5.97 Å². The molecule has 1 saturated heterocycles. The Bertz CT molecular complexity index is 525. The van der Waals surface area contributed by atoms with Gasteiger partial charge in [-0.1, -0.05) is 13.3 Å². The maximum atomic E-state index is 12.6. The van der Waals surface area contributed by atoms with Crippen LogP contribution in [0.1, 0.15) is 58.3 Å². The van der Waals surface area contributed by atoms with Crippen molar-refractivity contribution < 1.29 is 14.7 Å². The zero-order valence-corrected chi connectivity index (χ0v) is 12.3. The van der Waals surface area contributed by atoms with E-state index < -0.39 is 5.97 Å². The van der Waals surface area contributed by atoms with Gasteiger partial charge in [-0.05, 0) is 38.2 Å². The van der Waals surface area contributed by atoms with Crippen LogP contribution in [0.2, 0.25) is 0 Å². The number of hydrogen-bond donors (Lipinski definition) is 2. The van der Waals surface area contributed by atoms with E-state index in [9.17, 15) is 9.59 Å². The third-order valence-corrected chi connectivity index (χ3v) is 4.34. The zero-order valence-electron chi connectivity index (χ0n) is 12.3. The van der Waals surface area contributed by atoms with Crippen molar-refractivity contribution in [2.75, 3.05) is 13.1 Å². The van der Waals surface area contributed by atoms with Gasteiger partial charge < -0.3 is 15.0 Å². The van der Waals surface area contributed by atoms with Gasteiger partial charge in [0.05, 0.1) is 5.56 Å². The largest absolute Gasteiger partial charge is 0.477 e. The molecule has 0 unspecified atom stereocenters. The van der Waals surface area contributed by atoms with Gasteiger partial charge in [0.1, 0.15) is 5.69 Å². The minimum atomic E-state index is -1.02. The molecule has 20 heavy (non-hydrogen) atoms. The first kappa shape index (κ1) is 14.6. The van der Waals surface area contributed by atoms with Gasteiger partial charge in [0.15, 0.2) is 0 Å². The minimum absolute atomic E-state index is 0.0432. The van der Waals surface area contributed by atoms with E-state index in [0.29, 0.717) is 22.7 Å². The number of carbonyl (C=O) groups is 2. The number of likely N-dealkylation sites (tertiary alicyclic amines) is 1. The summed E-state index contributed by atoms with van der Waals surface area (Å²) in [5.41, 5.74) is 1.83. The van der Waals surface area contributed by atoms with Crippen molar-refractivity contribution in [2.45, 2.75) is 40.0 Å². The summed E-state index contributed by atoms with van der Waals surface area (Å²) in [6, 6.07) is 0. The second-order valence-electron chi connectivity index (χ2n) is 5.57. The van der Waals surface area contributed by atoms with E-state index in [1.807, 2.05) is 4.90 Å². The lowest BCUT2D eigenvalue weighted by molar-refractivity contribution is 0.0685. The molecule has 0 radical (unpaired) electrons. The van der Waals surface area contributed by atoms with E-state index in [4.69, 9.17) is 5.11 Å². The van der Waals surface area contributed by atoms with E-state index in [2.05, 4.69) is 11.9 Å². The number of carboxylic acids is 1. The van der Waals surface area contributed by atoms with E-state index in [1.54, 1.807) is 13.8 Å². The van der Waals surface area contributed by atoms with Crippen molar-refractivity contribution in [1.29, 1.82) is 0 Å². The maximum Gasteiger partial charge on any atom is 0.352 e. The number of amides is 1. The molecule has 1 aromatic rings. The van der Waals surface area contributed by atoms with Gasteiger partial charge in [0, 0.05) is 18.8 Å². The van der Waals surface area contributed by atoms with Crippen LogP contribution in [0.3, 0.4) is 0 Å². The Kier molecular flexibility index (Phi) is 4.16. The smallest absolute Gasteiger partial charge is 0.352 e. The maximum absolute atomic E-state index is 12.6. The monoisotopic (exact) mass is 278 g/mol. The van der Waals surface area contributed by atoms with Gasteiger partial charge in [-0.15, -0.1) is 0 Å². The molecule has 0 spiro atoms. The molecule has 1 aromatic heterocycles. The summed E-state index contributed by atoms with van der Waals surface area (Å²) in [6.07, 6.45) is 3.24. The van der Waals surface area contributed by atoms with E-state index >= 15 is 0 Å². The van der Waals surface area contributed by atoms with E-state index in [1.165, 1.54) is 0 Å². The third-order valence-electron chi connectivity index (χ3n) is 4.34. The lowest BCUT2D eigenvalue weighted by atomic mass is 9.94. The van der Waals surface area contributed by atoms with Crippen LogP contribution in [0.4, 0.5) is 0 Å². The number of carbonyl (C=O) groups excluding carboxylic acids is 1. The number of rotatable bonds is 3. The number of aromatic amines is 1. The highest BCUT2D eigenvalue weighted by molar-refractivity contribution is 6.00. The van der Waals surface area contributed by atoms with Crippen molar-refractivity contribution in [3.63, 3.8) is 0 Å². The summed E-state index contributed by atoms with van der Waals surface area (Å²) in [5, 5.41) is 9.11. The van der Waals surface area contributed by atoms with E-state index in [-0.39, 0.29) is 11.6 Å². The SMILES string of the molecule is CCC1CCN(C(=O)c2c(C)[nH]c(C(=O)O)c2C)CC1. The number of hydrogen-bond acceptors (Lipinski definition) is 2. The number of aromatic carboxylic acids is 1. The summed E-state index contributed by atoms with van der Waals surface area (Å²) in [7, 11) is 0. The van der Waals surface area contributed by atoms with Crippen molar-refractivity contribution in [3.8, 4) is 0 Å². The Labute approximate surface area is 119 Å². The van der Waals surface area contributed by atoms with Crippen LogP contribution in [-0.4, -0.2) is 40.0 Å². The highest BCUT2D eigenvalue weighted by atomic mass is 16.4. The number of aromatic nitrogens is 1. The second-order valence-corrected chi connectivity index (χ2v) is 5.57. The van der Waals surface area contributed by atoms with E-state index in [0.717, 1.165) is 32.4 Å². The fraction of sp³-hybridized carbons (Fsp3) is 0.600. The fourth-order valence-corrected chi connectivity index (χ4v) is 2.99. The standard InChI is InChI=1S/C15H22N2O3/c1-4-11-5-7-17(8-6-11)14(18)12-9(2)13(15(19)20)16-10(12)3/h11,16H,4-8H2,1-3H3,(H,19,20). The fourth-order valence-electron chi connectivity index (χ4n) is 2.99. The van der Waals surface area contributed by atoms with Crippen molar-refractivity contribution in [1.82, 2.24) is 9.88 Å². The molecule has 2 rings (SSSR count). The predicted octanol–water partition coefficient (Wildman–Crippen LogP) is 2.59. The van der Waals surface area contributed by atoms with Crippen LogP contribution >= 0.6 is 0 Å². The summed E-state index contributed by atoms with van der Waals surface area (Å²) in [4.78, 5) is 28.4. The molecular formula is C15H22N2O3. The number of piperidine rings is 1. The number of H-pyrrole nitrogens is 1. The summed E-state index contributed by atoms with van der Waals surface area (Å²) >= 11 is 0. The van der Waals surface area contributed by atoms with Crippen molar-refractivity contribution >= 4 is 11.9 Å². The van der Waals surface area contributed by atoms with Gasteiger partial charge in [0.25, 0.3) is 5.91 Å². The molecule has 1 amide bonds. The molecule has 5 nitrogen and oxygen atoms in total. The molecule has 0 bridgehead atoms. The predicted molar refractivity (Wildman–Crippen MR) is 76.1 cm³/mol. The summed E-state index contributed by atoms with van der Waals surface area (Å²) in [5.74, 6) is -0.352. The molecule has 0 aromatic carbocycles. The van der Waals surface area contributed by atoms with Crippen LogP contribution in [0.15, 0.2) is 0 Å². The summed E-state index contributed by atoms with van der Waals surface area (Å²) in [6.45, 7) is 7.17. The van der Waals surface area contributed by atoms with Gasteiger partial charge in [-0.25, -0.2) is 4.79 Å². The highest BCUT2D eigenvalue weighted by Gasteiger charge is 2.27. The Morgan fingerprint density at radius 2 is 1.90 bits per heavy atom. The Morgan fingerprint density at radius 1 is 1.30 bits per heavy atom. The topological polar surface area (TPSA) is 73.4 Å². The van der Waals surface area contributed by atoms with Crippen LogP contribution in [0, 0.1) is 19.8 Å². The first-order chi connectivity index (χ1) is 9.45. The Hall–Kier alpha value is -1.78. The molecule has 1 aliphatic heterocycles. The first-order valence-electron chi connectivity index (χ1n) is 7.17. The second kappa shape index (κ2) is 5.69. The number of nitrogens with one attached hydrogen (secondary N) is 1. The highest BCUT2D eigenvalue weighted by Crippen LogP contribution is 2.24. The lowest BCUT2D eigenvalue weighted by Gasteiger charge is -2.31. The van der Waals surface area contributed by atoms with Crippen LogP contribution in [0.25, 0.3) is 0 Å². The average Bonchev–Trinajstić information content (AvgIpc) is 2.73. The van der Waals surface area contributed by atoms with Crippen LogP contribution < -0.4 is 0 Å². The summed E-state index contributed by atoms with van der Waals surface area (Å²) < 4.78 is 0.